The van der Waals surface area contributed by atoms with Gasteiger partial charge in [-0.1, -0.05) is 12.1 Å². The minimum atomic E-state index is -0.564. The Morgan fingerprint density at radius 1 is 1.10 bits per heavy atom. The van der Waals surface area contributed by atoms with E-state index in [4.69, 9.17) is 0 Å². The van der Waals surface area contributed by atoms with Crippen LogP contribution in [0.5, 0.6) is 0 Å². The first-order valence-corrected chi connectivity index (χ1v) is 6.84. The van der Waals surface area contributed by atoms with Gasteiger partial charge in [0, 0.05) is 18.3 Å². The van der Waals surface area contributed by atoms with Crippen molar-refractivity contribution in [2.75, 3.05) is 6.54 Å². The van der Waals surface area contributed by atoms with Gasteiger partial charge in [0.25, 0.3) is 0 Å². The second-order valence-corrected chi connectivity index (χ2v) is 5.21. The van der Waals surface area contributed by atoms with E-state index in [-0.39, 0.29) is 5.56 Å². The fraction of sp³-hybridized carbons (Fsp3) is 0.312. The molecule has 1 N–H and O–H groups in total. The summed E-state index contributed by atoms with van der Waals surface area (Å²) in [5.41, 5.74) is 1.33. The Balaban J connectivity index is 1.71. The third-order valence-electron chi connectivity index (χ3n) is 3.51. The standard InChI is InChI=1S/C16H16F2N2/c17-14-2-1-3-15(18)16(14)12-6-7-13(20-9-12)10-19-8-11-4-5-11/h1-3,6-7,9,11,19H,4-5,8,10H2. The van der Waals surface area contributed by atoms with Crippen LogP contribution in [0.1, 0.15) is 18.5 Å². The lowest BCUT2D eigenvalue weighted by Crippen LogP contribution is -2.16. The molecule has 0 saturated heterocycles. The van der Waals surface area contributed by atoms with Gasteiger partial charge in [0.05, 0.1) is 11.3 Å². The first-order valence-electron chi connectivity index (χ1n) is 6.84. The van der Waals surface area contributed by atoms with Crippen molar-refractivity contribution in [1.29, 1.82) is 0 Å². The third-order valence-corrected chi connectivity index (χ3v) is 3.51. The van der Waals surface area contributed by atoms with Crippen molar-refractivity contribution in [3.8, 4) is 11.1 Å². The molecular weight excluding hydrogens is 258 g/mol. The highest BCUT2D eigenvalue weighted by atomic mass is 19.1. The third kappa shape index (κ3) is 3.02. The van der Waals surface area contributed by atoms with Crippen molar-refractivity contribution in [3.05, 3.63) is 53.9 Å². The zero-order chi connectivity index (χ0) is 13.9. The van der Waals surface area contributed by atoms with E-state index in [2.05, 4.69) is 10.3 Å². The van der Waals surface area contributed by atoms with Crippen LogP contribution in [0, 0.1) is 17.6 Å². The molecule has 104 valence electrons. The number of benzene rings is 1. The zero-order valence-corrected chi connectivity index (χ0v) is 11.1. The molecule has 1 saturated carbocycles. The summed E-state index contributed by atoms with van der Waals surface area (Å²) >= 11 is 0. The predicted molar refractivity (Wildman–Crippen MR) is 74.0 cm³/mol. The van der Waals surface area contributed by atoms with E-state index in [9.17, 15) is 8.78 Å². The Morgan fingerprint density at radius 3 is 2.45 bits per heavy atom. The molecule has 0 spiro atoms. The van der Waals surface area contributed by atoms with E-state index < -0.39 is 11.6 Å². The van der Waals surface area contributed by atoms with E-state index in [1.807, 2.05) is 0 Å². The Hall–Kier alpha value is -1.81. The molecule has 1 fully saturated rings. The average molecular weight is 274 g/mol. The number of nitrogens with one attached hydrogen (secondary N) is 1. The van der Waals surface area contributed by atoms with Crippen LogP contribution >= 0.6 is 0 Å². The minimum absolute atomic E-state index is 0.0162. The summed E-state index contributed by atoms with van der Waals surface area (Å²) in [6.07, 6.45) is 4.15. The maximum absolute atomic E-state index is 13.7. The molecule has 0 radical (unpaired) electrons. The van der Waals surface area contributed by atoms with Gasteiger partial charge < -0.3 is 5.32 Å². The van der Waals surface area contributed by atoms with Gasteiger partial charge in [-0.2, -0.15) is 0 Å². The number of nitrogens with zero attached hydrogens (tertiary/aromatic N) is 1. The molecule has 4 heteroatoms. The summed E-state index contributed by atoms with van der Waals surface area (Å²) < 4.78 is 27.3. The lowest BCUT2D eigenvalue weighted by molar-refractivity contribution is 0.589. The predicted octanol–water partition coefficient (Wildman–Crippen LogP) is 3.53. The van der Waals surface area contributed by atoms with E-state index >= 15 is 0 Å². The normalized spacial score (nSPS) is 14.5. The monoisotopic (exact) mass is 274 g/mol. The number of hydrogen-bond acceptors (Lipinski definition) is 2. The Bertz CT molecular complexity index is 572. The Morgan fingerprint density at radius 2 is 1.85 bits per heavy atom. The summed E-state index contributed by atoms with van der Waals surface area (Å²) in [7, 11) is 0. The second-order valence-electron chi connectivity index (χ2n) is 5.21. The molecule has 0 aliphatic heterocycles. The van der Waals surface area contributed by atoms with Crippen molar-refractivity contribution in [2.24, 2.45) is 5.92 Å². The Labute approximate surface area is 116 Å². The van der Waals surface area contributed by atoms with Gasteiger partial charge in [-0.05, 0) is 43.5 Å². The van der Waals surface area contributed by atoms with Crippen molar-refractivity contribution in [3.63, 3.8) is 0 Å². The fourth-order valence-electron chi connectivity index (χ4n) is 2.18. The summed E-state index contributed by atoms with van der Waals surface area (Å²) in [5, 5.41) is 3.33. The van der Waals surface area contributed by atoms with Crippen LogP contribution in [0.3, 0.4) is 0 Å². The molecule has 1 aromatic carbocycles. The smallest absolute Gasteiger partial charge is 0.134 e. The molecule has 0 unspecified atom stereocenters. The summed E-state index contributed by atoms with van der Waals surface area (Å²) in [5.74, 6) is -0.306. The lowest BCUT2D eigenvalue weighted by Gasteiger charge is -2.07. The molecule has 1 aliphatic rings. The topological polar surface area (TPSA) is 24.9 Å². The van der Waals surface area contributed by atoms with Crippen LogP contribution in [0.4, 0.5) is 8.78 Å². The number of halogens is 2. The van der Waals surface area contributed by atoms with Gasteiger partial charge in [-0.25, -0.2) is 8.78 Å². The van der Waals surface area contributed by atoms with Gasteiger partial charge in [0.2, 0.25) is 0 Å². The minimum Gasteiger partial charge on any atom is -0.311 e. The second kappa shape index (κ2) is 5.67. The Kier molecular flexibility index (Phi) is 3.74. The highest BCUT2D eigenvalue weighted by Crippen LogP contribution is 2.28. The summed E-state index contributed by atoms with van der Waals surface area (Å²) in [6, 6.07) is 7.38. The number of hydrogen-bond donors (Lipinski definition) is 1. The number of aromatic nitrogens is 1. The fourth-order valence-corrected chi connectivity index (χ4v) is 2.18. The summed E-state index contributed by atoms with van der Waals surface area (Å²) in [4.78, 5) is 4.26. The van der Waals surface area contributed by atoms with Gasteiger partial charge in [0.15, 0.2) is 0 Å². The molecule has 2 nitrogen and oxygen atoms in total. The molecular formula is C16H16F2N2. The molecule has 0 atom stereocenters. The number of pyridine rings is 1. The molecule has 1 aromatic heterocycles. The lowest BCUT2D eigenvalue weighted by atomic mass is 10.1. The maximum atomic E-state index is 13.7. The molecule has 0 bridgehead atoms. The van der Waals surface area contributed by atoms with Crippen LogP contribution in [0.25, 0.3) is 11.1 Å². The van der Waals surface area contributed by atoms with Gasteiger partial charge >= 0.3 is 0 Å². The zero-order valence-electron chi connectivity index (χ0n) is 11.1. The average Bonchev–Trinajstić information content (AvgIpc) is 3.24. The van der Waals surface area contributed by atoms with Gasteiger partial charge in [-0.3, -0.25) is 4.98 Å². The molecule has 1 aliphatic carbocycles. The van der Waals surface area contributed by atoms with Crippen molar-refractivity contribution >= 4 is 0 Å². The van der Waals surface area contributed by atoms with Crippen LogP contribution in [0.15, 0.2) is 36.5 Å². The molecule has 1 heterocycles. The first kappa shape index (κ1) is 13.2. The van der Waals surface area contributed by atoms with E-state index in [1.165, 1.54) is 37.2 Å². The van der Waals surface area contributed by atoms with Crippen LogP contribution < -0.4 is 5.32 Å². The van der Waals surface area contributed by atoms with Gasteiger partial charge in [-0.15, -0.1) is 0 Å². The van der Waals surface area contributed by atoms with Crippen LogP contribution in [-0.2, 0) is 6.54 Å². The van der Waals surface area contributed by atoms with Crippen molar-refractivity contribution in [1.82, 2.24) is 10.3 Å². The summed E-state index contributed by atoms with van der Waals surface area (Å²) in [6.45, 7) is 1.71. The van der Waals surface area contributed by atoms with E-state index in [0.717, 1.165) is 18.2 Å². The van der Waals surface area contributed by atoms with Crippen LogP contribution in [0.2, 0.25) is 0 Å². The molecule has 0 amide bonds. The largest absolute Gasteiger partial charge is 0.311 e. The van der Waals surface area contributed by atoms with Crippen LogP contribution in [-0.4, -0.2) is 11.5 Å². The SMILES string of the molecule is Fc1cccc(F)c1-c1ccc(CNCC2CC2)nc1. The molecule has 2 aromatic rings. The van der Waals surface area contributed by atoms with Gasteiger partial charge in [0.1, 0.15) is 11.6 Å². The molecule has 20 heavy (non-hydrogen) atoms. The maximum Gasteiger partial charge on any atom is 0.134 e. The quantitative estimate of drug-likeness (QED) is 0.902. The van der Waals surface area contributed by atoms with E-state index in [0.29, 0.717) is 12.1 Å². The highest BCUT2D eigenvalue weighted by molar-refractivity contribution is 5.63. The van der Waals surface area contributed by atoms with Crippen molar-refractivity contribution < 1.29 is 8.78 Å². The highest BCUT2D eigenvalue weighted by Gasteiger charge is 2.20. The first-order chi connectivity index (χ1) is 9.74. The van der Waals surface area contributed by atoms with Crippen molar-refractivity contribution in [2.45, 2.75) is 19.4 Å². The van der Waals surface area contributed by atoms with E-state index in [1.54, 1.807) is 12.1 Å². The molecule has 3 rings (SSSR count). The number of rotatable bonds is 5.